The summed E-state index contributed by atoms with van der Waals surface area (Å²) in [6.45, 7) is 5.24. The third kappa shape index (κ3) is 4.84. The number of hydrogen-bond acceptors (Lipinski definition) is 5. The van der Waals surface area contributed by atoms with Gasteiger partial charge in [-0.2, -0.15) is 5.26 Å². The number of aromatic nitrogens is 1. The fourth-order valence-corrected chi connectivity index (χ4v) is 3.99. The first-order chi connectivity index (χ1) is 13.5. The summed E-state index contributed by atoms with van der Waals surface area (Å²) in [6, 6.07) is 11.2. The van der Waals surface area contributed by atoms with E-state index in [1.807, 2.05) is 55.1 Å². The smallest absolute Gasteiger partial charge is 0.268 e. The third-order valence-electron chi connectivity index (χ3n) is 4.36. The molecule has 1 aromatic carbocycles. The summed E-state index contributed by atoms with van der Waals surface area (Å²) in [5.74, 6) is -0.00611. The molecule has 1 aliphatic rings. The van der Waals surface area contributed by atoms with Crippen LogP contribution in [0.15, 0.2) is 35.9 Å². The minimum atomic E-state index is -0.481. The molecule has 0 aliphatic carbocycles. The molecule has 0 unspecified atom stereocenters. The van der Waals surface area contributed by atoms with Crippen LogP contribution in [0.4, 0.5) is 5.13 Å². The average molecular weight is 395 g/mol. The Morgan fingerprint density at radius 1 is 1.36 bits per heavy atom. The summed E-state index contributed by atoms with van der Waals surface area (Å²) in [7, 11) is 0. The summed E-state index contributed by atoms with van der Waals surface area (Å²) in [4.78, 5) is 32.1. The van der Waals surface area contributed by atoms with Crippen LogP contribution in [0.3, 0.4) is 0 Å². The molecule has 0 bridgehead atoms. The number of rotatable bonds is 5. The van der Waals surface area contributed by atoms with Crippen molar-refractivity contribution in [1.29, 1.82) is 5.26 Å². The van der Waals surface area contributed by atoms with Crippen molar-refractivity contribution in [2.75, 3.05) is 11.9 Å². The first kappa shape index (κ1) is 19.8. The van der Waals surface area contributed by atoms with E-state index in [9.17, 15) is 14.9 Å². The van der Waals surface area contributed by atoms with E-state index in [4.69, 9.17) is 0 Å². The van der Waals surface area contributed by atoms with Crippen molar-refractivity contribution >= 4 is 34.4 Å². The molecule has 2 amide bonds. The van der Waals surface area contributed by atoms with Crippen LogP contribution in [-0.4, -0.2) is 28.2 Å². The number of anilines is 1. The molecule has 144 valence electrons. The lowest BCUT2D eigenvalue weighted by molar-refractivity contribution is -0.132. The summed E-state index contributed by atoms with van der Waals surface area (Å²) in [6.07, 6.45) is 2.76. The maximum absolute atomic E-state index is 12.5. The van der Waals surface area contributed by atoms with E-state index in [-0.39, 0.29) is 11.5 Å². The topological polar surface area (TPSA) is 86.1 Å². The highest BCUT2D eigenvalue weighted by molar-refractivity contribution is 7.15. The Morgan fingerprint density at radius 2 is 2.11 bits per heavy atom. The van der Waals surface area contributed by atoms with Crippen LogP contribution in [0, 0.1) is 17.2 Å². The van der Waals surface area contributed by atoms with Gasteiger partial charge in [0, 0.05) is 24.3 Å². The van der Waals surface area contributed by atoms with Gasteiger partial charge >= 0.3 is 0 Å². The lowest BCUT2D eigenvalue weighted by atomic mass is 10.1. The van der Waals surface area contributed by atoms with E-state index < -0.39 is 5.91 Å². The second-order valence-corrected chi connectivity index (χ2v) is 8.17. The molecule has 6 nitrogen and oxygen atoms in total. The highest BCUT2D eigenvalue weighted by atomic mass is 32.1. The predicted octanol–water partition coefficient (Wildman–Crippen LogP) is 3.62. The van der Waals surface area contributed by atoms with Crippen LogP contribution in [-0.2, 0) is 22.6 Å². The first-order valence-corrected chi connectivity index (χ1v) is 10.0. The molecular formula is C21H22N4O2S. The van der Waals surface area contributed by atoms with Crippen LogP contribution >= 0.6 is 11.3 Å². The maximum atomic E-state index is 12.5. The Morgan fingerprint density at radius 3 is 2.79 bits per heavy atom. The molecule has 28 heavy (non-hydrogen) atoms. The van der Waals surface area contributed by atoms with Gasteiger partial charge in [-0.25, -0.2) is 4.98 Å². The number of benzene rings is 1. The minimum Gasteiger partial charge on any atom is -0.337 e. The monoisotopic (exact) mass is 394 g/mol. The summed E-state index contributed by atoms with van der Waals surface area (Å²) >= 11 is 1.36. The zero-order valence-corrected chi connectivity index (χ0v) is 16.8. The quantitative estimate of drug-likeness (QED) is 0.620. The second-order valence-electron chi connectivity index (χ2n) is 7.09. The Hall–Kier alpha value is -2.98. The van der Waals surface area contributed by atoms with E-state index >= 15 is 0 Å². The van der Waals surface area contributed by atoms with Gasteiger partial charge < -0.3 is 4.90 Å². The van der Waals surface area contributed by atoms with E-state index in [1.165, 1.54) is 11.3 Å². The van der Waals surface area contributed by atoms with Gasteiger partial charge in [-0.05, 0) is 17.6 Å². The molecule has 7 heteroatoms. The van der Waals surface area contributed by atoms with Gasteiger partial charge in [0.25, 0.3) is 5.91 Å². The molecule has 1 aliphatic heterocycles. The predicted molar refractivity (Wildman–Crippen MR) is 109 cm³/mol. The molecule has 2 heterocycles. The molecule has 1 N–H and O–H groups in total. The number of amides is 2. The highest BCUT2D eigenvalue weighted by Crippen LogP contribution is 2.29. The molecule has 0 radical (unpaired) electrons. The van der Waals surface area contributed by atoms with Crippen molar-refractivity contribution < 1.29 is 9.59 Å². The summed E-state index contributed by atoms with van der Waals surface area (Å²) in [5, 5.41) is 12.5. The van der Waals surface area contributed by atoms with Gasteiger partial charge in [-0.3, -0.25) is 14.9 Å². The Labute approximate surface area is 168 Å². The number of carbonyl (C=O) groups excluding carboxylic acids is 2. The number of nitrogens with zero attached hydrogens (tertiary/aromatic N) is 3. The zero-order valence-electron chi connectivity index (χ0n) is 15.9. The fraction of sp³-hybridized carbons (Fsp3) is 0.333. The van der Waals surface area contributed by atoms with Gasteiger partial charge in [0.15, 0.2) is 5.13 Å². The molecule has 1 aromatic heterocycles. The van der Waals surface area contributed by atoms with Crippen LogP contribution in [0.25, 0.3) is 6.08 Å². The lowest BCUT2D eigenvalue weighted by Crippen LogP contribution is -2.36. The number of hydrogen-bond donors (Lipinski definition) is 1. The van der Waals surface area contributed by atoms with Gasteiger partial charge in [0.2, 0.25) is 5.91 Å². The number of nitriles is 1. The largest absolute Gasteiger partial charge is 0.337 e. The average Bonchev–Trinajstić information content (AvgIpc) is 3.07. The minimum absolute atomic E-state index is 0.0214. The SMILES string of the molecule is CC(C)CC(=O)N1CCc2nc(NC(=O)/C(C#N)=C/c3ccccc3)sc2C1. The van der Waals surface area contributed by atoms with E-state index in [0.29, 0.717) is 37.0 Å². The molecule has 2 aromatic rings. The third-order valence-corrected chi connectivity index (χ3v) is 5.36. The normalized spacial score (nSPS) is 13.8. The Bertz CT molecular complexity index is 941. The molecule has 0 spiro atoms. The van der Waals surface area contributed by atoms with Crippen molar-refractivity contribution in [1.82, 2.24) is 9.88 Å². The van der Waals surface area contributed by atoms with Gasteiger partial charge in [0.1, 0.15) is 11.6 Å². The van der Waals surface area contributed by atoms with Crippen LogP contribution in [0.5, 0.6) is 0 Å². The van der Waals surface area contributed by atoms with Crippen molar-refractivity contribution in [3.05, 3.63) is 52.0 Å². The zero-order chi connectivity index (χ0) is 20.1. The number of carbonyl (C=O) groups is 2. The van der Waals surface area contributed by atoms with Crippen LogP contribution in [0.1, 0.15) is 36.4 Å². The van der Waals surface area contributed by atoms with Gasteiger partial charge in [-0.1, -0.05) is 55.5 Å². The molecule has 0 atom stereocenters. The van der Waals surface area contributed by atoms with Crippen LogP contribution in [0.2, 0.25) is 0 Å². The Kier molecular flexibility index (Phi) is 6.22. The standard InChI is InChI=1S/C21H22N4O2S/c1-14(2)10-19(26)25-9-8-17-18(13-25)28-21(23-17)24-20(27)16(12-22)11-15-6-4-3-5-7-15/h3-7,11,14H,8-10,13H2,1-2H3,(H,23,24,27)/b16-11+. The molecule has 0 saturated carbocycles. The van der Waals surface area contributed by atoms with Gasteiger partial charge in [-0.15, -0.1) is 0 Å². The van der Waals surface area contributed by atoms with Crippen LogP contribution < -0.4 is 5.32 Å². The van der Waals surface area contributed by atoms with Crippen molar-refractivity contribution in [3.63, 3.8) is 0 Å². The van der Waals surface area contributed by atoms with E-state index in [2.05, 4.69) is 10.3 Å². The fourth-order valence-electron chi connectivity index (χ4n) is 2.97. The number of nitrogens with one attached hydrogen (secondary N) is 1. The number of fused-ring (bicyclic) bond motifs is 1. The van der Waals surface area contributed by atoms with E-state index in [0.717, 1.165) is 16.1 Å². The molecular weight excluding hydrogens is 372 g/mol. The molecule has 0 fully saturated rings. The summed E-state index contributed by atoms with van der Waals surface area (Å²) < 4.78 is 0. The van der Waals surface area contributed by atoms with Gasteiger partial charge in [0.05, 0.1) is 12.2 Å². The lowest BCUT2D eigenvalue weighted by Gasteiger charge is -2.26. The first-order valence-electron chi connectivity index (χ1n) is 9.21. The van der Waals surface area contributed by atoms with Crippen molar-refractivity contribution in [2.24, 2.45) is 5.92 Å². The highest BCUT2D eigenvalue weighted by Gasteiger charge is 2.25. The van der Waals surface area contributed by atoms with Crippen molar-refractivity contribution in [3.8, 4) is 6.07 Å². The maximum Gasteiger partial charge on any atom is 0.268 e. The molecule has 3 rings (SSSR count). The van der Waals surface area contributed by atoms with E-state index in [1.54, 1.807) is 6.08 Å². The Balaban J connectivity index is 1.69. The molecule has 0 saturated heterocycles. The number of thiazole rings is 1. The second kappa shape index (κ2) is 8.81. The summed E-state index contributed by atoms with van der Waals surface area (Å²) in [5.41, 5.74) is 1.72. The van der Waals surface area contributed by atoms with Crippen molar-refractivity contribution in [2.45, 2.75) is 33.2 Å².